The van der Waals surface area contributed by atoms with E-state index in [-0.39, 0.29) is 6.03 Å². The standard InChI is InChI=1S/C14H24N4O2/c1-3-11-12(9-18(2)17-11)16-13(19)15-10-14(20)7-5-4-6-8-14/h9,20H,3-8,10H2,1-2H3,(H2,15,16,19). The van der Waals surface area contributed by atoms with E-state index in [4.69, 9.17) is 0 Å². The molecule has 1 aromatic heterocycles. The highest BCUT2D eigenvalue weighted by atomic mass is 16.3. The summed E-state index contributed by atoms with van der Waals surface area (Å²) in [6, 6.07) is -0.285. The quantitative estimate of drug-likeness (QED) is 0.787. The van der Waals surface area contributed by atoms with Crippen LogP contribution in [0.15, 0.2) is 6.20 Å². The van der Waals surface area contributed by atoms with Crippen LogP contribution in [-0.4, -0.2) is 33.1 Å². The second-order valence-electron chi connectivity index (χ2n) is 5.61. The van der Waals surface area contributed by atoms with Crippen molar-refractivity contribution in [3.63, 3.8) is 0 Å². The molecule has 3 N–H and O–H groups in total. The van der Waals surface area contributed by atoms with Crippen molar-refractivity contribution in [3.05, 3.63) is 11.9 Å². The topological polar surface area (TPSA) is 79.2 Å². The highest BCUT2D eigenvalue weighted by Gasteiger charge is 2.29. The molecule has 1 aliphatic carbocycles. The van der Waals surface area contributed by atoms with Crippen LogP contribution >= 0.6 is 0 Å². The molecule has 0 bridgehead atoms. The van der Waals surface area contributed by atoms with E-state index in [9.17, 15) is 9.90 Å². The predicted octanol–water partition coefficient (Wildman–Crippen LogP) is 1.80. The number of carbonyl (C=O) groups is 1. The number of amides is 2. The first-order valence-electron chi connectivity index (χ1n) is 7.32. The number of aromatic nitrogens is 2. The van der Waals surface area contributed by atoms with Crippen molar-refractivity contribution >= 4 is 11.7 Å². The summed E-state index contributed by atoms with van der Waals surface area (Å²) < 4.78 is 1.68. The molecule has 1 fully saturated rings. The summed E-state index contributed by atoms with van der Waals surface area (Å²) in [6.45, 7) is 2.30. The van der Waals surface area contributed by atoms with E-state index in [2.05, 4.69) is 15.7 Å². The minimum atomic E-state index is -0.738. The van der Waals surface area contributed by atoms with Crippen LogP contribution in [-0.2, 0) is 13.5 Å². The fourth-order valence-electron chi connectivity index (χ4n) is 2.70. The van der Waals surface area contributed by atoms with Crippen LogP contribution in [0.3, 0.4) is 0 Å². The summed E-state index contributed by atoms with van der Waals surface area (Å²) in [5, 5.41) is 20.2. The molecular weight excluding hydrogens is 256 g/mol. The van der Waals surface area contributed by atoms with Crippen LogP contribution in [0.25, 0.3) is 0 Å². The summed E-state index contributed by atoms with van der Waals surface area (Å²) in [7, 11) is 1.83. The van der Waals surface area contributed by atoms with Gasteiger partial charge in [0.2, 0.25) is 0 Å². The van der Waals surface area contributed by atoms with Gasteiger partial charge in [-0.3, -0.25) is 4.68 Å². The van der Waals surface area contributed by atoms with E-state index < -0.39 is 5.60 Å². The Balaban J connectivity index is 1.86. The number of nitrogens with zero attached hydrogens (tertiary/aromatic N) is 2. The highest BCUT2D eigenvalue weighted by molar-refractivity contribution is 5.89. The first kappa shape index (κ1) is 14.8. The summed E-state index contributed by atoms with van der Waals surface area (Å²) >= 11 is 0. The van der Waals surface area contributed by atoms with Crippen molar-refractivity contribution < 1.29 is 9.90 Å². The van der Waals surface area contributed by atoms with E-state index in [1.54, 1.807) is 10.9 Å². The maximum absolute atomic E-state index is 11.9. The number of hydrogen-bond acceptors (Lipinski definition) is 3. The second-order valence-corrected chi connectivity index (χ2v) is 5.61. The lowest BCUT2D eigenvalue weighted by Crippen LogP contribution is -2.45. The van der Waals surface area contributed by atoms with Crippen molar-refractivity contribution in [1.82, 2.24) is 15.1 Å². The lowest BCUT2D eigenvalue weighted by molar-refractivity contribution is 0.00755. The summed E-state index contributed by atoms with van der Waals surface area (Å²) in [4.78, 5) is 11.9. The zero-order valence-electron chi connectivity index (χ0n) is 12.3. The second kappa shape index (κ2) is 6.26. The van der Waals surface area contributed by atoms with Gasteiger partial charge in [-0.1, -0.05) is 26.2 Å². The molecule has 2 amide bonds. The van der Waals surface area contributed by atoms with E-state index in [1.165, 1.54) is 6.42 Å². The lowest BCUT2D eigenvalue weighted by atomic mass is 9.85. The van der Waals surface area contributed by atoms with Crippen LogP contribution in [0.4, 0.5) is 10.5 Å². The van der Waals surface area contributed by atoms with Crippen LogP contribution in [0.5, 0.6) is 0 Å². The van der Waals surface area contributed by atoms with Crippen molar-refractivity contribution in [2.24, 2.45) is 7.05 Å². The van der Waals surface area contributed by atoms with Gasteiger partial charge in [-0.05, 0) is 19.3 Å². The first-order chi connectivity index (χ1) is 9.52. The Morgan fingerprint density at radius 2 is 2.15 bits per heavy atom. The van der Waals surface area contributed by atoms with Crippen molar-refractivity contribution in [3.8, 4) is 0 Å². The molecule has 0 aromatic carbocycles. The van der Waals surface area contributed by atoms with Gasteiger partial charge in [-0.15, -0.1) is 0 Å². The maximum atomic E-state index is 11.9. The predicted molar refractivity (Wildman–Crippen MR) is 77.6 cm³/mol. The lowest BCUT2D eigenvalue weighted by Gasteiger charge is -2.32. The molecule has 0 spiro atoms. The molecule has 0 atom stereocenters. The highest BCUT2D eigenvalue weighted by Crippen LogP contribution is 2.27. The van der Waals surface area contributed by atoms with Gasteiger partial charge in [0.05, 0.1) is 17.0 Å². The van der Waals surface area contributed by atoms with Gasteiger partial charge < -0.3 is 15.7 Å². The fraction of sp³-hybridized carbons (Fsp3) is 0.714. The van der Waals surface area contributed by atoms with Crippen molar-refractivity contribution in [1.29, 1.82) is 0 Å². The van der Waals surface area contributed by atoms with Crippen molar-refractivity contribution in [2.75, 3.05) is 11.9 Å². The minimum absolute atomic E-state index is 0.285. The zero-order chi connectivity index (χ0) is 14.6. The average molecular weight is 280 g/mol. The SMILES string of the molecule is CCc1nn(C)cc1NC(=O)NCC1(O)CCCCC1. The molecule has 0 saturated heterocycles. The van der Waals surface area contributed by atoms with E-state index in [1.807, 2.05) is 14.0 Å². The van der Waals surface area contributed by atoms with Gasteiger partial charge in [0.15, 0.2) is 0 Å². The molecule has 1 aliphatic rings. The molecule has 6 heteroatoms. The van der Waals surface area contributed by atoms with Gasteiger partial charge in [0.1, 0.15) is 0 Å². The Morgan fingerprint density at radius 1 is 1.45 bits per heavy atom. The molecule has 0 aliphatic heterocycles. The molecule has 0 unspecified atom stereocenters. The molecule has 1 aromatic rings. The molecule has 20 heavy (non-hydrogen) atoms. The largest absolute Gasteiger partial charge is 0.388 e. The fourth-order valence-corrected chi connectivity index (χ4v) is 2.70. The van der Waals surface area contributed by atoms with Crippen LogP contribution < -0.4 is 10.6 Å². The Hall–Kier alpha value is -1.56. The monoisotopic (exact) mass is 280 g/mol. The van der Waals surface area contributed by atoms with Gasteiger partial charge in [0.25, 0.3) is 0 Å². The first-order valence-corrected chi connectivity index (χ1v) is 7.32. The molecule has 1 heterocycles. The molecule has 0 radical (unpaired) electrons. The third-order valence-electron chi connectivity index (χ3n) is 3.85. The van der Waals surface area contributed by atoms with Gasteiger partial charge in [-0.2, -0.15) is 5.10 Å². The number of aliphatic hydroxyl groups is 1. The molecule has 6 nitrogen and oxygen atoms in total. The van der Waals surface area contributed by atoms with Crippen LogP contribution in [0.1, 0.15) is 44.7 Å². The Labute approximate surface area is 119 Å². The van der Waals surface area contributed by atoms with E-state index in [0.29, 0.717) is 6.54 Å². The maximum Gasteiger partial charge on any atom is 0.319 e. The number of carbonyl (C=O) groups excluding carboxylic acids is 1. The summed E-state index contributed by atoms with van der Waals surface area (Å²) in [6.07, 6.45) is 7.31. The smallest absolute Gasteiger partial charge is 0.319 e. The minimum Gasteiger partial charge on any atom is -0.388 e. The molecule has 112 valence electrons. The number of aryl methyl sites for hydroxylation is 2. The Kier molecular flexibility index (Phi) is 4.65. The number of urea groups is 1. The van der Waals surface area contributed by atoms with Gasteiger partial charge in [0, 0.05) is 19.8 Å². The van der Waals surface area contributed by atoms with Crippen LogP contribution in [0.2, 0.25) is 0 Å². The summed E-state index contributed by atoms with van der Waals surface area (Å²) in [5.74, 6) is 0. The zero-order valence-corrected chi connectivity index (χ0v) is 12.3. The number of rotatable bonds is 4. The summed E-state index contributed by atoms with van der Waals surface area (Å²) in [5.41, 5.74) is 0.847. The molecular formula is C14H24N4O2. The third kappa shape index (κ3) is 3.72. The number of nitrogens with one attached hydrogen (secondary N) is 2. The van der Waals surface area contributed by atoms with Crippen molar-refractivity contribution in [2.45, 2.75) is 51.0 Å². The Bertz CT molecular complexity index is 464. The van der Waals surface area contributed by atoms with Gasteiger partial charge in [-0.25, -0.2) is 4.79 Å². The third-order valence-corrected chi connectivity index (χ3v) is 3.85. The number of hydrogen-bond donors (Lipinski definition) is 3. The average Bonchev–Trinajstić information content (AvgIpc) is 2.77. The van der Waals surface area contributed by atoms with Crippen LogP contribution in [0, 0.1) is 0 Å². The van der Waals surface area contributed by atoms with E-state index in [0.717, 1.165) is 43.5 Å². The Morgan fingerprint density at radius 3 is 2.80 bits per heavy atom. The molecule has 1 saturated carbocycles. The normalized spacial score (nSPS) is 17.8. The molecule has 2 rings (SSSR count). The number of anilines is 1. The van der Waals surface area contributed by atoms with Gasteiger partial charge >= 0.3 is 6.03 Å². The van der Waals surface area contributed by atoms with E-state index >= 15 is 0 Å².